The van der Waals surface area contributed by atoms with Crippen LogP contribution in [0.1, 0.15) is 36.4 Å². The summed E-state index contributed by atoms with van der Waals surface area (Å²) in [6.45, 7) is 0. The van der Waals surface area contributed by atoms with Gasteiger partial charge in [-0.05, 0) is 30.5 Å². The van der Waals surface area contributed by atoms with E-state index in [4.69, 9.17) is 4.74 Å². The molecule has 116 valence electrons. The Morgan fingerprint density at radius 3 is 2.91 bits per heavy atom. The highest BCUT2D eigenvalue weighted by Gasteiger charge is 2.21. The third-order valence-electron chi connectivity index (χ3n) is 4.02. The molecule has 0 bridgehead atoms. The van der Waals surface area contributed by atoms with Crippen molar-refractivity contribution in [3.63, 3.8) is 0 Å². The number of aromatic hydroxyl groups is 1. The number of carbonyl (C=O) groups excluding carboxylic acids is 1. The molecule has 0 saturated heterocycles. The van der Waals surface area contributed by atoms with Gasteiger partial charge in [-0.25, -0.2) is 0 Å². The predicted octanol–water partition coefficient (Wildman–Crippen LogP) is 2.57. The third kappa shape index (κ3) is 3.05. The Morgan fingerprint density at radius 2 is 2.27 bits per heavy atom. The van der Waals surface area contributed by atoms with E-state index in [0.29, 0.717) is 23.0 Å². The fourth-order valence-electron chi connectivity index (χ4n) is 2.55. The Balaban J connectivity index is 1.59. The molecule has 1 aliphatic carbocycles. The molecule has 1 aromatic heterocycles. The maximum atomic E-state index is 12.0. The number of carbonyl (C=O) groups is 1. The number of hydrogen-bond donors (Lipinski definition) is 3. The number of H-pyrrole nitrogens is 1. The van der Waals surface area contributed by atoms with Gasteiger partial charge in [-0.2, -0.15) is 5.10 Å². The maximum Gasteiger partial charge on any atom is 0.229 e. The minimum atomic E-state index is -0.170. The second kappa shape index (κ2) is 6.09. The third-order valence-corrected chi connectivity index (χ3v) is 4.02. The monoisotopic (exact) mass is 301 g/mol. The lowest BCUT2D eigenvalue weighted by molar-refractivity contribution is -0.115. The summed E-state index contributed by atoms with van der Waals surface area (Å²) in [4.78, 5) is 12.0. The summed E-state index contributed by atoms with van der Waals surface area (Å²) in [5.74, 6) is 1.35. The van der Waals surface area contributed by atoms with E-state index in [1.54, 1.807) is 12.1 Å². The van der Waals surface area contributed by atoms with Crippen LogP contribution < -0.4 is 10.1 Å². The average Bonchev–Trinajstić information content (AvgIpc) is 2.84. The Bertz CT molecular complexity index is 677. The highest BCUT2D eigenvalue weighted by molar-refractivity contribution is 5.91. The SMILES string of the molecule is COc1ccc(CC(=O)Nc2cc(C3CCC3)[nH]n2)cc1O. The number of aromatic amines is 1. The van der Waals surface area contributed by atoms with Crippen molar-refractivity contribution in [2.75, 3.05) is 12.4 Å². The van der Waals surface area contributed by atoms with Gasteiger partial charge < -0.3 is 15.2 Å². The normalized spacial score (nSPS) is 14.4. The molecule has 22 heavy (non-hydrogen) atoms. The molecule has 0 unspecified atom stereocenters. The minimum Gasteiger partial charge on any atom is -0.504 e. The van der Waals surface area contributed by atoms with E-state index in [-0.39, 0.29) is 18.1 Å². The molecule has 0 spiro atoms. The lowest BCUT2D eigenvalue weighted by atomic mass is 9.83. The van der Waals surface area contributed by atoms with Gasteiger partial charge in [0.05, 0.1) is 13.5 Å². The zero-order chi connectivity index (χ0) is 15.5. The molecule has 0 radical (unpaired) electrons. The van der Waals surface area contributed by atoms with Crippen LogP contribution in [-0.2, 0) is 11.2 Å². The highest BCUT2D eigenvalue weighted by atomic mass is 16.5. The summed E-state index contributed by atoms with van der Waals surface area (Å²) in [7, 11) is 1.48. The van der Waals surface area contributed by atoms with Crippen LogP contribution >= 0.6 is 0 Å². The van der Waals surface area contributed by atoms with Crippen LogP contribution in [-0.4, -0.2) is 28.3 Å². The van der Waals surface area contributed by atoms with Crippen LogP contribution in [0, 0.1) is 0 Å². The molecule has 1 saturated carbocycles. The van der Waals surface area contributed by atoms with Crippen LogP contribution in [0.3, 0.4) is 0 Å². The van der Waals surface area contributed by atoms with Crippen LogP contribution in [0.25, 0.3) is 0 Å². The minimum absolute atomic E-state index is 0.0276. The van der Waals surface area contributed by atoms with Crippen LogP contribution in [0.2, 0.25) is 0 Å². The molecule has 0 aliphatic heterocycles. The summed E-state index contributed by atoms with van der Waals surface area (Å²) < 4.78 is 4.98. The number of amides is 1. The molecular weight excluding hydrogens is 282 g/mol. The fourth-order valence-corrected chi connectivity index (χ4v) is 2.55. The number of hydrogen-bond acceptors (Lipinski definition) is 4. The van der Waals surface area contributed by atoms with E-state index in [1.165, 1.54) is 32.4 Å². The smallest absolute Gasteiger partial charge is 0.229 e. The van der Waals surface area contributed by atoms with Gasteiger partial charge in [-0.1, -0.05) is 12.5 Å². The summed E-state index contributed by atoms with van der Waals surface area (Å²) >= 11 is 0. The molecule has 6 nitrogen and oxygen atoms in total. The summed E-state index contributed by atoms with van der Waals surface area (Å²) in [5, 5.41) is 19.6. The lowest BCUT2D eigenvalue weighted by Gasteiger charge is -2.23. The lowest BCUT2D eigenvalue weighted by Crippen LogP contribution is -2.14. The number of benzene rings is 1. The number of aromatic nitrogens is 2. The highest BCUT2D eigenvalue weighted by Crippen LogP contribution is 2.35. The first kappa shape index (κ1) is 14.4. The standard InChI is InChI=1S/C16H19N3O3/c1-22-14-6-5-10(7-13(14)20)8-16(21)17-15-9-12(18-19-15)11-3-2-4-11/h5-7,9,11,20H,2-4,8H2,1H3,(H2,17,18,19,21). The second-order valence-corrected chi connectivity index (χ2v) is 5.57. The zero-order valence-electron chi connectivity index (χ0n) is 12.4. The molecule has 2 aromatic rings. The van der Waals surface area contributed by atoms with E-state index in [2.05, 4.69) is 15.5 Å². The van der Waals surface area contributed by atoms with Crippen LogP contribution in [0.5, 0.6) is 11.5 Å². The van der Waals surface area contributed by atoms with Crippen LogP contribution in [0.15, 0.2) is 24.3 Å². The van der Waals surface area contributed by atoms with Gasteiger partial charge in [-0.15, -0.1) is 0 Å². The molecule has 0 atom stereocenters. The zero-order valence-corrected chi connectivity index (χ0v) is 12.4. The van der Waals surface area contributed by atoms with Crippen molar-refractivity contribution in [3.8, 4) is 11.5 Å². The van der Waals surface area contributed by atoms with Gasteiger partial charge in [-0.3, -0.25) is 9.89 Å². The van der Waals surface area contributed by atoms with Gasteiger partial charge in [0.25, 0.3) is 0 Å². The number of ether oxygens (including phenoxy) is 1. The number of phenolic OH excluding ortho intramolecular Hbond substituents is 1. The molecule has 1 amide bonds. The van der Waals surface area contributed by atoms with Gasteiger partial charge in [0.1, 0.15) is 0 Å². The molecule has 6 heteroatoms. The first-order chi connectivity index (χ1) is 10.7. The van der Waals surface area contributed by atoms with Crippen molar-refractivity contribution >= 4 is 11.7 Å². The Hall–Kier alpha value is -2.50. The van der Waals surface area contributed by atoms with Gasteiger partial charge in [0.2, 0.25) is 5.91 Å². The van der Waals surface area contributed by atoms with Crippen molar-refractivity contribution in [3.05, 3.63) is 35.5 Å². The summed E-state index contributed by atoms with van der Waals surface area (Å²) in [6, 6.07) is 6.82. The average molecular weight is 301 g/mol. The van der Waals surface area contributed by atoms with Gasteiger partial charge in [0.15, 0.2) is 17.3 Å². The van der Waals surface area contributed by atoms with Crippen molar-refractivity contribution in [2.24, 2.45) is 0 Å². The van der Waals surface area contributed by atoms with Crippen molar-refractivity contribution in [2.45, 2.75) is 31.6 Å². The van der Waals surface area contributed by atoms with Crippen LogP contribution in [0.4, 0.5) is 5.82 Å². The Kier molecular flexibility index (Phi) is 4.00. The van der Waals surface area contributed by atoms with Gasteiger partial charge in [0, 0.05) is 17.7 Å². The van der Waals surface area contributed by atoms with Crippen molar-refractivity contribution in [1.82, 2.24) is 10.2 Å². The topological polar surface area (TPSA) is 87.2 Å². The molecule has 1 fully saturated rings. The Labute approximate surface area is 128 Å². The number of methoxy groups -OCH3 is 1. The van der Waals surface area contributed by atoms with Gasteiger partial charge >= 0.3 is 0 Å². The molecule has 1 aliphatic rings. The quantitative estimate of drug-likeness (QED) is 0.792. The number of phenols is 1. The fraction of sp³-hybridized carbons (Fsp3) is 0.375. The molecule has 3 rings (SSSR count). The first-order valence-corrected chi connectivity index (χ1v) is 7.36. The molecule has 3 N–H and O–H groups in total. The number of nitrogens with zero attached hydrogens (tertiary/aromatic N) is 1. The van der Waals surface area contributed by atoms with Crippen molar-refractivity contribution < 1.29 is 14.6 Å². The van der Waals surface area contributed by atoms with Crippen molar-refractivity contribution in [1.29, 1.82) is 0 Å². The van der Waals surface area contributed by atoms with E-state index in [1.807, 2.05) is 6.07 Å². The van der Waals surface area contributed by atoms with E-state index in [0.717, 1.165) is 5.69 Å². The van der Waals surface area contributed by atoms with E-state index in [9.17, 15) is 9.90 Å². The van der Waals surface area contributed by atoms with E-state index >= 15 is 0 Å². The Morgan fingerprint density at radius 1 is 1.45 bits per heavy atom. The summed E-state index contributed by atoms with van der Waals surface area (Å²) in [5.41, 5.74) is 1.80. The number of anilines is 1. The molecule has 1 heterocycles. The second-order valence-electron chi connectivity index (χ2n) is 5.57. The maximum absolute atomic E-state index is 12.0. The largest absolute Gasteiger partial charge is 0.504 e. The predicted molar refractivity (Wildman–Crippen MR) is 82.2 cm³/mol. The number of rotatable bonds is 5. The van der Waals surface area contributed by atoms with E-state index < -0.39 is 0 Å². The molecule has 1 aromatic carbocycles. The molecular formula is C16H19N3O3. The summed E-state index contributed by atoms with van der Waals surface area (Å²) in [6.07, 6.45) is 3.79. The first-order valence-electron chi connectivity index (χ1n) is 7.36. The number of nitrogens with one attached hydrogen (secondary N) is 2.